The molecule has 1 aromatic heterocycles. The molecule has 3 aromatic rings. The van der Waals surface area contributed by atoms with E-state index < -0.39 is 18.0 Å². The number of nitriles is 1. The molecule has 0 fully saturated rings. The molecule has 152 valence electrons. The quantitative estimate of drug-likeness (QED) is 0.583. The molecule has 1 heterocycles. The van der Waals surface area contributed by atoms with Gasteiger partial charge in [0, 0.05) is 18.5 Å². The van der Waals surface area contributed by atoms with E-state index in [1.54, 1.807) is 42.5 Å². The van der Waals surface area contributed by atoms with Crippen LogP contribution < -0.4 is 10.9 Å². The molecule has 0 aliphatic heterocycles. The molecule has 0 saturated heterocycles. The summed E-state index contributed by atoms with van der Waals surface area (Å²) in [6.45, 7) is 1.48. The Morgan fingerprint density at radius 2 is 2.03 bits per heavy atom. The van der Waals surface area contributed by atoms with Crippen LogP contribution >= 0.6 is 0 Å². The molecule has 0 aliphatic rings. The molecule has 3 rings (SSSR count). The Labute approximate surface area is 172 Å². The number of carbonyl (C=O) groups is 2. The van der Waals surface area contributed by atoms with Crippen LogP contribution in [-0.2, 0) is 20.7 Å². The van der Waals surface area contributed by atoms with E-state index in [-0.39, 0.29) is 12.0 Å². The number of anilines is 1. The van der Waals surface area contributed by atoms with Gasteiger partial charge in [-0.2, -0.15) is 5.26 Å². The van der Waals surface area contributed by atoms with Gasteiger partial charge in [0.05, 0.1) is 22.5 Å². The van der Waals surface area contributed by atoms with Gasteiger partial charge in [0.1, 0.15) is 5.82 Å². The second-order valence-corrected chi connectivity index (χ2v) is 6.70. The number of esters is 1. The first-order valence-electron chi connectivity index (χ1n) is 9.44. The molecule has 8 nitrogen and oxygen atoms in total. The zero-order valence-electron chi connectivity index (χ0n) is 16.3. The number of benzene rings is 2. The summed E-state index contributed by atoms with van der Waals surface area (Å²) in [5.74, 6) is -0.514. The number of amides is 1. The fourth-order valence-corrected chi connectivity index (χ4v) is 2.87. The van der Waals surface area contributed by atoms with Crippen LogP contribution in [0.15, 0.2) is 53.3 Å². The summed E-state index contributed by atoms with van der Waals surface area (Å²) in [6, 6.07) is 15.5. The van der Waals surface area contributed by atoms with Gasteiger partial charge in [-0.1, -0.05) is 18.2 Å². The molecular formula is C22H20N4O4. The number of H-pyrrole nitrogens is 1. The maximum Gasteiger partial charge on any atom is 0.306 e. The molecule has 1 amide bonds. The molecule has 0 aliphatic carbocycles. The Morgan fingerprint density at radius 3 is 2.83 bits per heavy atom. The largest absolute Gasteiger partial charge is 0.453 e. The molecule has 0 radical (unpaired) electrons. The van der Waals surface area contributed by atoms with Crippen LogP contribution in [0, 0.1) is 11.3 Å². The van der Waals surface area contributed by atoms with Crippen molar-refractivity contribution in [2.75, 3.05) is 5.32 Å². The molecular weight excluding hydrogens is 384 g/mol. The Kier molecular flexibility index (Phi) is 6.55. The maximum absolute atomic E-state index is 12.2. The first kappa shape index (κ1) is 20.7. The smallest absolute Gasteiger partial charge is 0.306 e. The summed E-state index contributed by atoms with van der Waals surface area (Å²) in [4.78, 5) is 43.4. The van der Waals surface area contributed by atoms with Gasteiger partial charge in [-0.15, -0.1) is 0 Å². The standard InChI is InChI=1S/C22H20N4O4/c1-14(21(28)24-16-7-4-6-15(12-16)13-23)30-20(27)11-5-10-19-25-18-9-3-2-8-17(18)22(29)26-19/h2-4,6-9,12,14H,5,10-11H2,1H3,(H,24,28)(H,25,26,29)/t14-/m0/s1. The third kappa shape index (κ3) is 5.29. The number of nitrogens with one attached hydrogen (secondary N) is 2. The maximum atomic E-state index is 12.2. The third-order valence-electron chi connectivity index (χ3n) is 4.39. The number of nitrogens with zero attached hydrogens (tertiary/aromatic N) is 2. The van der Waals surface area contributed by atoms with Crippen molar-refractivity contribution in [3.63, 3.8) is 0 Å². The van der Waals surface area contributed by atoms with Crippen LogP contribution in [0.4, 0.5) is 5.69 Å². The average Bonchev–Trinajstić information content (AvgIpc) is 2.74. The lowest BCUT2D eigenvalue weighted by molar-refractivity contribution is -0.153. The molecule has 1 atom stereocenters. The predicted molar refractivity (Wildman–Crippen MR) is 111 cm³/mol. The second kappa shape index (κ2) is 9.47. The summed E-state index contributed by atoms with van der Waals surface area (Å²) in [5, 5.41) is 12.0. The summed E-state index contributed by atoms with van der Waals surface area (Å²) < 4.78 is 5.16. The van der Waals surface area contributed by atoms with E-state index >= 15 is 0 Å². The number of hydrogen-bond acceptors (Lipinski definition) is 6. The van der Waals surface area contributed by atoms with Crippen LogP contribution in [0.5, 0.6) is 0 Å². The number of ether oxygens (including phenoxy) is 1. The summed E-state index contributed by atoms with van der Waals surface area (Å²) in [6.07, 6.45) is -0.0881. The fraction of sp³-hybridized carbons (Fsp3) is 0.227. The highest BCUT2D eigenvalue weighted by Gasteiger charge is 2.18. The van der Waals surface area contributed by atoms with E-state index in [0.29, 0.717) is 40.8 Å². The van der Waals surface area contributed by atoms with Gasteiger partial charge >= 0.3 is 5.97 Å². The highest BCUT2D eigenvalue weighted by molar-refractivity contribution is 5.95. The van der Waals surface area contributed by atoms with E-state index in [9.17, 15) is 14.4 Å². The van der Waals surface area contributed by atoms with E-state index in [4.69, 9.17) is 10.00 Å². The van der Waals surface area contributed by atoms with Gasteiger partial charge in [-0.25, -0.2) is 4.98 Å². The highest BCUT2D eigenvalue weighted by Crippen LogP contribution is 2.11. The van der Waals surface area contributed by atoms with E-state index in [2.05, 4.69) is 15.3 Å². The van der Waals surface area contributed by atoms with E-state index in [1.165, 1.54) is 13.0 Å². The predicted octanol–water partition coefficient (Wildman–Crippen LogP) is 2.69. The summed E-state index contributed by atoms with van der Waals surface area (Å²) >= 11 is 0. The molecule has 8 heteroatoms. The lowest BCUT2D eigenvalue weighted by Gasteiger charge is -2.13. The Hall–Kier alpha value is -3.99. The normalized spacial score (nSPS) is 11.5. The van der Waals surface area contributed by atoms with Crippen LogP contribution in [0.2, 0.25) is 0 Å². The Balaban J connectivity index is 1.49. The minimum absolute atomic E-state index is 0.0814. The Bertz CT molecular complexity index is 1180. The molecule has 2 N–H and O–H groups in total. The summed E-state index contributed by atoms with van der Waals surface area (Å²) in [5.41, 5.74) is 1.25. The van der Waals surface area contributed by atoms with Crippen molar-refractivity contribution in [1.29, 1.82) is 5.26 Å². The van der Waals surface area contributed by atoms with E-state index in [0.717, 1.165) is 0 Å². The molecule has 2 aromatic carbocycles. The van der Waals surface area contributed by atoms with Gasteiger partial charge in [-0.3, -0.25) is 14.4 Å². The minimum atomic E-state index is -0.984. The molecule has 0 bridgehead atoms. The van der Waals surface area contributed by atoms with Crippen LogP contribution in [0.1, 0.15) is 31.2 Å². The number of para-hydroxylation sites is 1. The molecule has 0 spiro atoms. The monoisotopic (exact) mass is 404 g/mol. The molecule has 0 saturated carbocycles. The van der Waals surface area contributed by atoms with Gasteiger partial charge in [0.25, 0.3) is 11.5 Å². The second-order valence-electron chi connectivity index (χ2n) is 6.70. The SMILES string of the molecule is C[C@H](OC(=O)CCCc1nc2ccccc2c(=O)[nH]1)C(=O)Nc1cccc(C#N)c1. The number of aromatic amines is 1. The van der Waals surface area contributed by atoms with Gasteiger partial charge in [0.2, 0.25) is 0 Å². The van der Waals surface area contributed by atoms with Crippen molar-refractivity contribution in [2.24, 2.45) is 0 Å². The number of hydrogen-bond donors (Lipinski definition) is 2. The van der Waals surface area contributed by atoms with Crippen LogP contribution in [-0.4, -0.2) is 27.9 Å². The fourth-order valence-electron chi connectivity index (χ4n) is 2.87. The highest BCUT2D eigenvalue weighted by atomic mass is 16.5. The van der Waals surface area contributed by atoms with Crippen molar-refractivity contribution < 1.29 is 14.3 Å². The Morgan fingerprint density at radius 1 is 1.23 bits per heavy atom. The zero-order valence-corrected chi connectivity index (χ0v) is 16.3. The zero-order chi connectivity index (χ0) is 21.5. The van der Waals surface area contributed by atoms with Crippen LogP contribution in [0.25, 0.3) is 10.9 Å². The van der Waals surface area contributed by atoms with Crippen molar-refractivity contribution in [3.8, 4) is 6.07 Å². The number of carbonyl (C=O) groups excluding carboxylic acids is 2. The third-order valence-corrected chi connectivity index (χ3v) is 4.39. The lowest BCUT2D eigenvalue weighted by Crippen LogP contribution is -2.30. The first-order chi connectivity index (χ1) is 14.5. The number of fused-ring (bicyclic) bond motifs is 1. The number of aryl methyl sites for hydroxylation is 1. The molecule has 30 heavy (non-hydrogen) atoms. The molecule has 0 unspecified atom stereocenters. The van der Waals surface area contributed by atoms with Crippen molar-refractivity contribution in [1.82, 2.24) is 9.97 Å². The van der Waals surface area contributed by atoms with Gasteiger partial charge in [-0.05, 0) is 43.7 Å². The minimum Gasteiger partial charge on any atom is -0.453 e. The first-order valence-corrected chi connectivity index (χ1v) is 9.44. The van der Waals surface area contributed by atoms with Crippen molar-refractivity contribution in [2.45, 2.75) is 32.3 Å². The topological polar surface area (TPSA) is 125 Å². The summed E-state index contributed by atoms with van der Waals surface area (Å²) in [7, 11) is 0. The number of rotatable bonds is 7. The average molecular weight is 404 g/mol. The van der Waals surface area contributed by atoms with Crippen molar-refractivity contribution in [3.05, 3.63) is 70.3 Å². The van der Waals surface area contributed by atoms with Crippen molar-refractivity contribution >= 4 is 28.5 Å². The van der Waals surface area contributed by atoms with E-state index in [1.807, 2.05) is 6.07 Å². The lowest BCUT2D eigenvalue weighted by atomic mass is 10.2. The van der Waals surface area contributed by atoms with Gasteiger partial charge in [0.15, 0.2) is 6.10 Å². The van der Waals surface area contributed by atoms with Gasteiger partial charge < -0.3 is 15.0 Å². The van der Waals surface area contributed by atoms with Crippen LogP contribution in [0.3, 0.4) is 0 Å². The number of aromatic nitrogens is 2.